The number of hydrogen-bond donors (Lipinski definition) is 3. The van der Waals surface area contributed by atoms with E-state index < -0.39 is 11.2 Å². The predicted octanol–water partition coefficient (Wildman–Crippen LogP) is 7.02. The first-order valence-corrected chi connectivity index (χ1v) is 14.8. The van der Waals surface area contributed by atoms with Gasteiger partial charge in [0.05, 0.1) is 0 Å². The fourth-order valence-corrected chi connectivity index (χ4v) is 5.71. The van der Waals surface area contributed by atoms with Crippen LogP contribution in [0.2, 0.25) is 0 Å². The third kappa shape index (κ3) is 7.81. The lowest BCUT2D eigenvalue weighted by Crippen LogP contribution is -2.30. The van der Waals surface area contributed by atoms with Crippen molar-refractivity contribution in [1.82, 2.24) is 10.3 Å². The highest BCUT2D eigenvalue weighted by Crippen LogP contribution is 2.37. The first kappa shape index (κ1) is 28.5. The number of aromatic nitrogens is 1. The number of carbonyl (C=O) groups is 3. The largest absolute Gasteiger partial charge is 0.321 e. The topological polar surface area (TPSA) is 100 Å². The molecular weight excluding hydrogens is 565 g/mol. The number of amides is 3. The van der Waals surface area contributed by atoms with Crippen LogP contribution < -0.4 is 16.0 Å². The molecule has 1 unspecified atom stereocenters. The molecule has 0 fully saturated rings. The van der Waals surface area contributed by atoms with E-state index in [0.717, 1.165) is 15.3 Å². The van der Waals surface area contributed by atoms with Crippen molar-refractivity contribution < 1.29 is 14.4 Å². The van der Waals surface area contributed by atoms with Crippen LogP contribution in [0, 0.1) is 0 Å². The molecule has 5 rings (SSSR count). The van der Waals surface area contributed by atoms with Gasteiger partial charge in [-0.1, -0.05) is 66.7 Å². The summed E-state index contributed by atoms with van der Waals surface area (Å²) in [5.41, 5.74) is 1.90. The van der Waals surface area contributed by atoms with Crippen LogP contribution in [0.5, 0.6) is 0 Å². The van der Waals surface area contributed by atoms with Gasteiger partial charge in [-0.25, -0.2) is 4.98 Å². The molecule has 0 aliphatic carbocycles. The molecule has 0 saturated carbocycles. The van der Waals surface area contributed by atoms with Crippen molar-refractivity contribution in [2.45, 2.75) is 10.1 Å². The standard InChI is InChI=1S/C33H26N4O3S2/c38-31(24-13-5-2-6-14-24)36-28(22-26-17-10-20-41-26)32(39)35-25-15-9-16-27(21-25)42-30(23-11-3-1-4-12-23)33(40)37-29-18-7-8-19-34-29/h1-22,30H,(H,35,39)(H,36,38)(H,34,37,40)/b28-22-. The summed E-state index contributed by atoms with van der Waals surface area (Å²) in [5, 5.41) is 9.86. The molecule has 0 bridgehead atoms. The van der Waals surface area contributed by atoms with E-state index in [1.54, 1.807) is 60.8 Å². The molecule has 9 heteroatoms. The van der Waals surface area contributed by atoms with E-state index in [-0.39, 0.29) is 17.5 Å². The second-order valence-corrected chi connectivity index (χ2v) is 11.1. The third-order valence-corrected chi connectivity index (χ3v) is 8.03. The van der Waals surface area contributed by atoms with E-state index in [1.165, 1.54) is 23.1 Å². The van der Waals surface area contributed by atoms with Crippen molar-refractivity contribution >= 4 is 58.4 Å². The summed E-state index contributed by atoms with van der Waals surface area (Å²) in [5.74, 6) is -0.610. The van der Waals surface area contributed by atoms with Crippen LogP contribution in [0.4, 0.5) is 11.5 Å². The van der Waals surface area contributed by atoms with Gasteiger partial charge in [-0.3, -0.25) is 14.4 Å². The highest BCUT2D eigenvalue weighted by atomic mass is 32.2. The number of hydrogen-bond acceptors (Lipinski definition) is 6. The molecule has 1 atom stereocenters. The van der Waals surface area contributed by atoms with Gasteiger partial charge in [0.2, 0.25) is 5.91 Å². The van der Waals surface area contributed by atoms with Crippen molar-refractivity contribution in [3.63, 3.8) is 0 Å². The van der Waals surface area contributed by atoms with Crippen LogP contribution >= 0.6 is 23.1 Å². The van der Waals surface area contributed by atoms with Crippen LogP contribution in [-0.2, 0) is 9.59 Å². The minimum absolute atomic E-state index is 0.112. The molecule has 2 aromatic heterocycles. The summed E-state index contributed by atoms with van der Waals surface area (Å²) in [6, 6.07) is 34.5. The van der Waals surface area contributed by atoms with Gasteiger partial charge in [-0.2, -0.15) is 0 Å². The van der Waals surface area contributed by atoms with Gasteiger partial charge in [0.15, 0.2) is 0 Å². The average Bonchev–Trinajstić information content (AvgIpc) is 3.54. The number of nitrogens with one attached hydrogen (secondary N) is 3. The summed E-state index contributed by atoms with van der Waals surface area (Å²) in [6.45, 7) is 0. The molecule has 5 aromatic rings. The Kier molecular flexibility index (Phi) is 9.56. The van der Waals surface area contributed by atoms with E-state index in [9.17, 15) is 14.4 Å². The highest BCUT2D eigenvalue weighted by Gasteiger charge is 2.23. The Hall–Kier alpha value is -4.99. The number of anilines is 2. The molecule has 7 nitrogen and oxygen atoms in total. The number of thioether (sulfide) groups is 1. The zero-order chi connectivity index (χ0) is 29.1. The zero-order valence-electron chi connectivity index (χ0n) is 22.3. The number of benzene rings is 3. The average molecular weight is 591 g/mol. The zero-order valence-corrected chi connectivity index (χ0v) is 23.9. The number of nitrogens with zero attached hydrogens (tertiary/aromatic N) is 1. The van der Waals surface area contributed by atoms with Gasteiger partial charge < -0.3 is 16.0 Å². The van der Waals surface area contributed by atoms with Crippen LogP contribution in [-0.4, -0.2) is 22.7 Å². The van der Waals surface area contributed by atoms with Crippen molar-refractivity contribution in [3.8, 4) is 0 Å². The van der Waals surface area contributed by atoms with E-state index in [2.05, 4.69) is 20.9 Å². The summed E-state index contributed by atoms with van der Waals surface area (Å²) >= 11 is 2.81. The predicted molar refractivity (Wildman–Crippen MR) is 169 cm³/mol. The Balaban J connectivity index is 1.35. The smallest absolute Gasteiger partial charge is 0.272 e. The van der Waals surface area contributed by atoms with Crippen LogP contribution in [0.3, 0.4) is 0 Å². The fraction of sp³-hybridized carbons (Fsp3) is 0.0303. The second kappa shape index (κ2) is 14.1. The van der Waals surface area contributed by atoms with Gasteiger partial charge in [0.25, 0.3) is 11.8 Å². The molecule has 208 valence electrons. The maximum absolute atomic E-state index is 13.4. The highest BCUT2D eigenvalue weighted by molar-refractivity contribution is 8.00. The Morgan fingerprint density at radius 3 is 2.26 bits per heavy atom. The van der Waals surface area contributed by atoms with Crippen molar-refractivity contribution in [2.75, 3.05) is 10.6 Å². The number of pyridine rings is 1. The Morgan fingerprint density at radius 2 is 1.55 bits per heavy atom. The SMILES string of the molecule is O=C(Nc1cccc(SC(C(=O)Nc2ccccn2)c2ccccc2)c1)/C(=C/c1cccs1)NC(=O)c1ccccc1. The Labute approximate surface area is 251 Å². The van der Waals surface area contributed by atoms with Gasteiger partial charge in [-0.05, 0) is 65.6 Å². The summed E-state index contributed by atoms with van der Waals surface area (Å²) in [4.78, 5) is 45.4. The summed E-state index contributed by atoms with van der Waals surface area (Å²) in [7, 11) is 0. The van der Waals surface area contributed by atoms with E-state index in [1.807, 2.05) is 72.1 Å². The molecule has 3 amide bonds. The lowest BCUT2D eigenvalue weighted by atomic mass is 10.1. The monoisotopic (exact) mass is 590 g/mol. The Morgan fingerprint density at radius 1 is 0.786 bits per heavy atom. The first-order chi connectivity index (χ1) is 20.5. The first-order valence-electron chi connectivity index (χ1n) is 13.0. The molecule has 0 saturated heterocycles. The van der Waals surface area contributed by atoms with Gasteiger partial charge in [-0.15, -0.1) is 23.1 Å². The van der Waals surface area contributed by atoms with Crippen molar-refractivity contribution in [3.05, 3.63) is 149 Å². The second-order valence-electron chi connectivity index (χ2n) is 8.99. The van der Waals surface area contributed by atoms with Crippen LogP contribution in [0.25, 0.3) is 6.08 Å². The lowest BCUT2D eigenvalue weighted by molar-refractivity contribution is -0.116. The molecule has 3 N–H and O–H groups in total. The minimum atomic E-state index is -0.571. The summed E-state index contributed by atoms with van der Waals surface area (Å²) in [6.07, 6.45) is 3.27. The molecule has 2 heterocycles. The number of carbonyl (C=O) groups excluding carboxylic acids is 3. The Bertz CT molecular complexity index is 1680. The molecule has 0 aliphatic heterocycles. The molecule has 42 heavy (non-hydrogen) atoms. The third-order valence-electron chi connectivity index (χ3n) is 5.96. The minimum Gasteiger partial charge on any atom is -0.321 e. The summed E-state index contributed by atoms with van der Waals surface area (Å²) < 4.78 is 0. The maximum atomic E-state index is 13.4. The van der Waals surface area contributed by atoms with E-state index >= 15 is 0 Å². The molecule has 0 radical (unpaired) electrons. The molecule has 0 aliphatic rings. The molecular formula is C33H26N4O3S2. The van der Waals surface area contributed by atoms with E-state index in [0.29, 0.717) is 17.1 Å². The van der Waals surface area contributed by atoms with E-state index in [4.69, 9.17) is 0 Å². The van der Waals surface area contributed by atoms with Crippen LogP contribution in [0.1, 0.15) is 26.0 Å². The molecule has 0 spiro atoms. The lowest BCUT2D eigenvalue weighted by Gasteiger charge is -2.17. The quantitative estimate of drug-likeness (QED) is 0.120. The van der Waals surface area contributed by atoms with Gasteiger partial charge >= 0.3 is 0 Å². The van der Waals surface area contributed by atoms with Crippen molar-refractivity contribution in [1.29, 1.82) is 0 Å². The van der Waals surface area contributed by atoms with Gasteiger partial charge in [0.1, 0.15) is 16.8 Å². The maximum Gasteiger partial charge on any atom is 0.272 e. The number of rotatable bonds is 10. The van der Waals surface area contributed by atoms with Crippen molar-refractivity contribution in [2.24, 2.45) is 0 Å². The van der Waals surface area contributed by atoms with Gasteiger partial charge in [0, 0.05) is 27.2 Å². The van der Waals surface area contributed by atoms with Crippen LogP contribution in [0.15, 0.2) is 137 Å². The fourth-order valence-electron chi connectivity index (χ4n) is 3.97. The molecule has 3 aromatic carbocycles. The normalized spacial score (nSPS) is 11.8. The number of thiophene rings is 1.